The lowest BCUT2D eigenvalue weighted by Crippen LogP contribution is -2.32. The molecule has 0 radical (unpaired) electrons. The number of nitrogens with one attached hydrogen (secondary N) is 2. The third-order valence-corrected chi connectivity index (χ3v) is 3.35. The van der Waals surface area contributed by atoms with Gasteiger partial charge in [-0.2, -0.15) is 0 Å². The van der Waals surface area contributed by atoms with Gasteiger partial charge in [0.1, 0.15) is 5.56 Å². The summed E-state index contributed by atoms with van der Waals surface area (Å²) in [6, 6.07) is 1.34. The molecule has 0 spiro atoms. The molecule has 1 amide bonds. The van der Waals surface area contributed by atoms with E-state index in [0.717, 1.165) is 0 Å². The lowest BCUT2D eigenvalue weighted by atomic mass is 9.93. The summed E-state index contributed by atoms with van der Waals surface area (Å²) >= 11 is 0. The summed E-state index contributed by atoms with van der Waals surface area (Å²) in [4.78, 5) is 48.5. The molecular weight excluding hydrogens is 276 g/mol. The monoisotopic (exact) mass is 292 g/mol. The van der Waals surface area contributed by atoms with E-state index >= 15 is 0 Å². The number of carbonyl (C=O) groups is 3. The topological polar surface area (TPSA) is 116 Å². The van der Waals surface area contributed by atoms with Crippen LogP contribution in [0.15, 0.2) is 10.9 Å². The van der Waals surface area contributed by atoms with E-state index < -0.39 is 17.4 Å². The molecule has 7 heteroatoms. The average Bonchev–Trinajstić information content (AvgIpc) is 2.43. The van der Waals surface area contributed by atoms with Gasteiger partial charge in [-0.1, -0.05) is 0 Å². The van der Waals surface area contributed by atoms with Crippen molar-refractivity contribution in [2.45, 2.75) is 32.1 Å². The van der Waals surface area contributed by atoms with Crippen LogP contribution in [0.3, 0.4) is 0 Å². The Morgan fingerprint density at radius 2 is 2.05 bits per heavy atom. The van der Waals surface area contributed by atoms with Gasteiger partial charge < -0.3 is 15.4 Å². The van der Waals surface area contributed by atoms with Crippen LogP contribution in [-0.2, 0) is 11.2 Å². The molecular formula is C14H16N2O5. The Morgan fingerprint density at radius 3 is 2.76 bits per heavy atom. The molecule has 0 aliphatic heterocycles. The normalized spacial score (nSPS) is 13.6. The first kappa shape index (κ1) is 15.0. The predicted molar refractivity (Wildman–Crippen MR) is 73.5 cm³/mol. The van der Waals surface area contributed by atoms with Crippen LogP contribution >= 0.6 is 0 Å². The minimum atomic E-state index is -0.943. The Bertz CT molecular complexity index is 647. The van der Waals surface area contributed by atoms with Crippen molar-refractivity contribution in [2.75, 3.05) is 6.54 Å². The fourth-order valence-electron chi connectivity index (χ4n) is 2.28. The summed E-state index contributed by atoms with van der Waals surface area (Å²) in [6.07, 6.45) is 1.96. The van der Waals surface area contributed by atoms with Gasteiger partial charge in [0, 0.05) is 30.6 Å². The van der Waals surface area contributed by atoms with Gasteiger partial charge in [-0.25, -0.2) is 0 Å². The molecule has 1 aromatic heterocycles. The molecule has 1 aliphatic rings. The summed E-state index contributed by atoms with van der Waals surface area (Å²) in [5.41, 5.74) is 0.341. The molecule has 0 bridgehead atoms. The van der Waals surface area contributed by atoms with Crippen LogP contribution < -0.4 is 10.9 Å². The number of amides is 1. The number of rotatable bonds is 5. The summed E-state index contributed by atoms with van der Waals surface area (Å²) in [7, 11) is 0. The van der Waals surface area contributed by atoms with E-state index in [2.05, 4.69) is 10.3 Å². The van der Waals surface area contributed by atoms with Crippen LogP contribution in [0.2, 0.25) is 0 Å². The van der Waals surface area contributed by atoms with Crippen molar-refractivity contribution in [2.24, 2.45) is 0 Å². The number of aromatic amines is 1. The smallest absolute Gasteiger partial charge is 0.303 e. The Labute approximate surface area is 120 Å². The van der Waals surface area contributed by atoms with Crippen molar-refractivity contribution in [3.8, 4) is 0 Å². The van der Waals surface area contributed by atoms with E-state index in [4.69, 9.17) is 5.11 Å². The Morgan fingerprint density at radius 1 is 1.29 bits per heavy atom. The number of aliphatic carboxylic acids is 1. The molecule has 0 atom stereocenters. The number of ketones is 1. The number of carboxylic acid groups (broad SMARTS) is 1. The number of carbonyl (C=O) groups excluding carboxylic acids is 2. The van der Waals surface area contributed by atoms with Gasteiger partial charge in [0.05, 0.1) is 0 Å². The summed E-state index contributed by atoms with van der Waals surface area (Å²) in [6.45, 7) is 0.162. The quantitative estimate of drug-likeness (QED) is 0.683. The lowest BCUT2D eigenvalue weighted by Gasteiger charge is -2.15. The van der Waals surface area contributed by atoms with Crippen LogP contribution in [0.1, 0.15) is 52.1 Å². The molecule has 1 aromatic rings. The number of fused-ring (bicyclic) bond motifs is 1. The van der Waals surface area contributed by atoms with Crippen LogP contribution in [0.4, 0.5) is 0 Å². The number of aryl methyl sites for hydroxylation is 1. The molecule has 21 heavy (non-hydrogen) atoms. The first-order valence-corrected chi connectivity index (χ1v) is 6.78. The number of H-pyrrole nitrogens is 1. The van der Waals surface area contributed by atoms with E-state index in [0.29, 0.717) is 30.5 Å². The third-order valence-electron chi connectivity index (χ3n) is 3.35. The lowest BCUT2D eigenvalue weighted by molar-refractivity contribution is -0.137. The highest BCUT2D eigenvalue weighted by Crippen LogP contribution is 2.18. The second-order valence-electron chi connectivity index (χ2n) is 4.93. The molecule has 0 fully saturated rings. The van der Waals surface area contributed by atoms with Gasteiger partial charge in [-0.3, -0.25) is 19.2 Å². The predicted octanol–water partition coefficient (Wildman–Crippen LogP) is 0.488. The highest BCUT2D eigenvalue weighted by molar-refractivity contribution is 6.01. The largest absolute Gasteiger partial charge is 0.481 e. The number of Topliss-reactive ketones (excluding diaryl/α,β-unsaturated/α-hetero) is 1. The standard InChI is InChI=1S/C14H16N2O5/c17-11-4-1-3-10-8(11)7-9(14(21)16-10)13(20)15-6-2-5-12(18)19/h7H,1-6H2,(H,15,20)(H,16,21)(H,18,19). The zero-order chi connectivity index (χ0) is 15.4. The molecule has 7 nitrogen and oxygen atoms in total. The van der Waals surface area contributed by atoms with Crippen molar-refractivity contribution < 1.29 is 19.5 Å². The van der Waals surface area contributed by atoms with Gasteiger partial charge in [0.25, 0.3) is 11.5 Å². The zero-order valence-electron chi connectivity index (χ0n) is 11.4. The van der Waals surface area contributed by atoms with E-state index in [9.17, 15) is 19.2 Å². The average molecular weight is 292 g/mol. The van der Waals surface area contributed by atoms with Gasteiger partial charge >= 0.3 is 5.97 Å². The van der Waals surface area contributed by atoms with Crippen molar-refractivity contribution >= 4 is 17.7 Å². The van der Waals surface area contributed by atoms with Crippen molar-refractivity contribution in [1.29, 1.82) is 0 Å². The maximum Gasteiger partial charge on any atom is 0.303 e. The fourth-order valence-corrected chi connectivity index (χ4v) is 2.28. The van der Waals surface area contributed by atoms with Crippen molar-refractivity contribution in [3.05, 3.63) is 33.2 Å². The minimum absolute atomic E-state index is 0.0562. The Hall–Kier alpha value is -2.44. The number of aromatic nitrogens is 1. The second kappa shape index (κ2) is 6.34. The summed E-state index contributed by atoms with van der Waals surface area (Å²) in [5.74, 6) is -1.61. The van der Waals surface area contributed by atoms with E-state index in [1.54, 1.807) is 0 Å². The maximum absolute atomic E-state index is 11.9. The minimum Gasteiger partial charge on any atom is -0.481 e. The van der Waals surface area contributed by atoms with Crippen LogP contribution in [0.25, 0.3) is 0 Å². The van der Waals surface area contributed by atoms with Crippen molar-refractivity contribution in [3.63, 3.8) is 0 Å². The number of hydrogen-bond acceptors (Lipinski definition) is 4. The van der Waals surface area contributed by atoms with Crippen LogP contribution in [0, 0.1) is 0 Å². The molecule has 1 aliphatic carbocycles. The molecule has 0 saturated heterocycles. The van der Waals surface area contributed by atoms with Gasteiger partial charge in [0.15, 0.2) is 5.78 Å². The first-order chi connectivity index (χ1) is 9.99. The highest BCUT2D eigenvalue weighted by atomic mass is 16.4. The first-order valence-electron chi connectivity index (χ1n) is 6.78. The Balaban J connectivity index is 2.11. The fraction of sp³-hybridized carbons (Fsp3) is 0.429. The van der Waals surface area contributed by atoms with Gasteiger partial charge in [0.2, 0.25) is 0 Å². The van der Waals surface area contributed by atoms with E-state index in [1.165, 1.54) is 6.07 Å². The second-order valence-corrected chi connectivity index (χ2v) is 4.93. The SMILES string of the molecule is O=C(O)CCCNC(=O)c1cc2c([nH]c1=O)CCCC2=O. The number of hydrogen-bond donors (Lipinski definition) is 3. The third kappa shape index (κ3) is 3.56. The molecule has 3 N–H and O–H groups in total. The van der Waals surface area contributed by atoms with Crippen molar-refractivity contribution in [1.82, 2.24) is 10.3 Å². The number of carboxylic acids is 1. The van der Waals surface area contributed by atoms with Gasteiger partial charge in [-0.05, 0) is 25.3 Å². The maximum atomic E-state index is 11.9. The molecule has 0 aromatic carbocycles. The molecule has 2 rings (SSSR count). The highest BCUT2D eigenvalue weighted by Gasteiger charge is 2.21. The van der Waals surface area contributed by atoms with Gasteiger partial charge in [-0.15, -0.1) is 0 Å². The van der Waals surface area contributed by atoms with E-state index in [1.807, 2.05) is 0 Å². The zero-order valence-corrected chi connectivity index (χ0v) is 11.4. The van der Waals surface area contributed by atoms with Crippen LogP contribution in [-0.4, -0.2) is 34.3 Å². The Kier molecular flexibility index (Phi) is 4.52. The molecule has 1 heterocycles. The van der Waals surface area contributed by atoms with E-state index in [-0.39, 0.29) is 30.7 Å². The molecule has 0 unspecified atom stereocenters. The molecule has 112 valence electrons. The summed E-state index contributed by atoms with van der Waals surface area (Å²) in [5, 5.41) is 11.0. The number of pyridine rings is 1. The molecule has 0 saturated carbocycles. The van der Waals surface area contributed by atoms with Crippen LogP contribution in [0.5, 0.6) is 0 Å². The summed E-state index contributed by atoms with van der Waals surface area (Å²) < 4.78 is 0.